The number of aromatic amines is 1. The number of halogens is 1. The molecule has 3 rings (SSSR count). The molecule has 1 aromatic heterocycles. The van der Waals surface area contributed by atoms with Gasteiger partial charge < -0.3 is 15.0 Å². The van der Waals surface area contributed by atoms with Gasteiger partial charge in [0.1, 0.15) is 17.3 Å². The second-order valence-electron chi connectivity index (χ2n) is 4.96. The second-order valence-corrected chi connectivity index (χ2v) is 4.96. The van der Waals surface area contributed by atoms with Gasteiger partial charge in [-0.15, -0.1) is 0 Å². The lowest BCUT2D eigenvalue weighted by atomic mass is 10.1. The highest BCUT2D eigenvalue weighted by atomic mass is 19.1. The maximum atomic E-state index is 13.0. The van der Waals surface area contributed by atoms with E-state index in [0.717, 1.165) is 11.1 Å². The van der Waals surface area contributed by atoms with Crippen molar-refractivity contribution < 1.29 is 13.9 Å². The zero-order valence-corrected chi connectivity index (χ0v) is 12.5. The molecule has 0 saturated heterocycles. The zero-order chi connectivity index (χ0) is 16.2. The second kappa shape index (κ2) is 6.36. The average molecular weight is 310 g/mol. The van der Waals surface area contributed by atoms with Gasteiger partial charge in [0.2, 0.25) is 0 Å². The first-order chi connectivity index (χ1) is 11.2. The molecule has 0 aliphatic heterocycles. The van der Waals surface area contributed by atoms with Crippen LogP contribution in [0.2, 0.25) is 0 Å². The fourth-order valence-corrected chi connectivity index (χ4v) is 2.27. The minimum Gasteiger partial charge on any atom is -0.495 e. The Labute approximate surface area is 132 Å². The van der Waals surface area contributed by atoms with Crippen molar-refractivity contribution in [3.63, 3.8) is 0 Å². The summed E-state index contributed by atoms with van der Waals surface area (Å²) >= 11 is 0. The SMILES string of the molecule is COc1ccccc1NC(=O)c1cc(-c2ccc(F)cc2)c[nH]1. The number of ether oxygens (including phenoxy) is 1. The number of para-hydroxylation sites is 2. The van der Waals surface area contributed by atoms with Crippen LogP contribution in [0, 0.1) is 5.82 Å². The standard InChI is InChI=1S/C18H15FN2O2/c1-23-17-5-3-2-4-15(17)21-18(22)16-10-13(11-20-16)12-6-8-14(19)9-7-12/h2-11,20H,1H3,(H,21,22). The van der Waals surface area contributed by atoms with Crippen molar-refractivity contribution in [1.82, 2.24) is 4.98 Å². The quantitative estimate of drug-likeness (QED) is 0.763. The van der Waals surface area contributed by atoms with Gasteiger partial charge in [-0.05, 0) is 41.5 Å². The summed E-state index contributed by atoms with van der Waals surface area (Å²) in [6.07, 6.45) is 1.71. The van der Waals surface area contributed by atoms with Crippen LogP contribution in [0.3, 0.4) is 0 Å². The Morgan fingerprint density at radius 1 is 1.09 bits per heavy atom. The van der Waals surface area contributed by atoms with Crippen LogP contribution >= 0.6 is 0 Å². The van der Waals surface area contributed by atoms with Gasteiger partial charge in [-0.25, -0.2) is 4.39 Å². The van der Waals surface area contributed by atoms with Gasteiger partial charge in [0.05, 0.1) is 12.8 Å². The molecule has 5 heteroatoms. The smallest absolute Gasteiger partial charge is 0.272 e. The Morgan fingerprint density at radius 3 is 2.57 bits per heavy atom. The van der Waals surface area contributed by atoms with Crippen LogP contribution in [0.25, 0.3) is 11.1 Å². The normalized spacial score (nSPS) is 10.3. The molecule has 0 unspecified atom stereocenters. The highest BCUT2D eigenvalue weighted by molar-refractivity contribution is 6.04. The van der Waals surface area contributed by atoms with E-state index >= 15 is 0 Å². The monoisotopic (exact) mass is 310 g/mol. The van der Waals surface area contributed by atoms with E-state index in [9.17, 15) is 9.18 Å². The van der Waals surface area contributed by atoms with E-state index in [4.69, 9.17) is 4.74 Å². The van der Waals surface area contributed by atoms with Gasteiger partial charge in [0.25, 0.3) is 5.91 Å². The third kappa shape index (κ3) is 3.23. The lowest BCUT2D eigenvalue weighted by molar-refractivity contribution is 0.102. The molecule has 2 aromatic carbocycles. The molecule has 0 fully saturated rings. The third-order valence-electron chi connectivity index (χ3n) is 3.46. The summed E-state index contributed by atoms with van der Waals surface area (Å²) in [6, 6.07) is 15.0. The number of anilines is 1. The molecule has 23 heavy (non-hydrogen) atoms. The van der Waals surface area contributed by atoms with Crippen LogP contribution in [-0.2, 0) is 0 Å². The molecule has 0 aliphatic rings. The number of nitrogens with one attached hydrogen (secondary N) is 2. The first-order valence-corrected chi connectivity index (χ1v) is 7.06. The summed E-state index contributed by atoms with van der Waals surface area (Å²) in [4.78, 5) is 15.3. The zero-order valence-electron chi connectivity index (χ0n) is 12.5. The molecule has 0 atom stereocenters. The van der Waals surface area contributed by atoms with E-state index in [1.165, 1.54) is 12.1 Å². The van der Waals surface area contributed by atoms with Gasteiger partial charge in [0.15, 0.2) is 0 Å². The number of hydrogen-bond donors (Lipinski definition) is 2. The maximum absolute atomic E-state index is 13.0. The average Bonchev–Trinajstić information content (AvgIpc) is 3.06. The number of aromatic nitrogens is 1. The van der Waals surface area contributed by atoms with Gasteiger partial charge in [-0.1, -0.05) is 24.3 Å². The Morgan fingerprint density at radius 2 is 1.83 bits per heavy atom. The molecule has 0 saturated carbocycles. The fourth-order valence-electron chi connectivity index (χ4n) is 2.27. The first-order valence-electron chi connectivity index (χ1n) is 7.06. The lowest BCUT2D eigenvalue weighted by Gasteiger charge is -2.08. The van der Waals surface area contributed by atoms with Crippen LogP contribution in [0.4, 0.5) is 10.1 Å². The largest absolute Gasteiger partial charge is 0.495 e. The molecular weight excluding hydrogens is 295 g/mol. The molecule has 0 spiro atoms. The summed E-state index contributed by atoms with van der Waals surface area (Å²) in [5.41, 5.74) is 2.65. The summed E-state index contributed by atoms with van der Waals surface area (Å²) < 4.78 is 18.2. The molecule has 2 N–H and O–H groups in total. The van der Waals surface area contributed by atoms with Crippen LogP contribution < -0.4 is 10.1 Å². The number of rotatable bonds is 4. The molecule has 0 bridgehead atoms. The maximum Gasteiger partial charge on any atom is 0.272 e. The van der Waals surface area contributed by atoms with Crippen LogP contribution in [0.1, 0.15) is 10.5 Å². The van der Waals surface area contributed by atoms with E-state index in [-0.39, 0.29) is 11.7 Å². The molecule has 1 heterocycles. The number of carbonyl (C=O) groups is 1. The number of hydrogen-bond acceptors (Lipinski definition) is 2. The molecule has 0 aliphatic carbocycles. The van der Waals surface area contributed by atoms with Crippen molar-refractivity contribution >= 4 is 11.6 Å². The van der Waals surface area contributed by atoms with Gasteiger partial charge in [0, 0.05) is 6.20 Å². The van der Waals surface area contributed by atoms with E-state index in [0.29, 0.717) is 17.1 Å². The number of H-pyrrole nitrogens is 1. The molecular formula is C18H15FN2O2. The summed E-state index contributed by atoms with van der Waals surface area (Å²) in [6.45, 7) is 0. The molecule has 3 aromatic rings. The minimum atomic E-state index is -0.293. The summed E-state index contributed by atoms with van der Waals surface area (Å²) in [5, 5.41) is 2.80. The van der Waals surface area contributed by atoms with Crippen molar-refractivity contribution in [2.45, 2.75) is 0 Å². The molecule has 4 nitrogen and oxygen atoms in total. The number of carbonyl (C=O) groups excluding carboxylic acids is 1. The van der Waals surface area contributed by atoms with Crippen LogP contribution in [0.15, 0.2) is 60.8 Å². The minimum absolute atomic E-state index is 0.275. The Balaban J connectivity index is 1.80. The summed E-state index contributed by atoms with van der Waals surface area (Å²) in [7, 11) is 1.55. The summed E-state index contributed by atoms with van der Waals surface area (Å²) in [5.74, 6) is 0.0208. The van der Waals surface area contributed by atoms with Crippen molar-refractivity contribution in [2.75, 3.05) is 12.4 Å². The van der Waals surface area contributed by atoms with Crippen LogP contribution in [-0.4, -0.2) is 18.0 Å². The predicted octanol–water partition coefficient (Wildman–Crippen LogP) is 4.08. The van der Waals surface area contributed by atoms with Crippen molar-refractivity contribution in [1.29, 1.82) is 0 Å². The highest BCUT2D eigenvalue weighted by Gasteiger charge is 2.12. The van der Waals surface area contributed by atoms with Crippen LogP contribution in [0.5, 0.6) is 5.75 Å². The molecule has 1 amide bonds. The van der Waals surface area contributed by atoms with Crippen molar-refractivity contribution in [3.8, 4) is 16.9 Å². The van der Waals surface area contributed by atoms with Gasteiger partial charge >= 0.3 is 0 Å². The number of benzene rings is 2. The molecule has 116 valence electrons. The number of methoxy groups -OCH3 is 1. The topological polar surface area (TPSA) is 54.1 Å². The van der Waals surface area contributed by atoms with E-state index in [1.807, 2.05) is 12.1 Å². The highest BCUT2D eigenvalue weighted by Crippen LogP contribution is 2.25. The van der Waals surface area contributed by atoms with E-state index < -0.39 is 0 Å². The van der Waals surface area contributed by atoms with E-state index in [1.54, 1.807) is 43.6 Å². The predicted molar refractivity (Wildman–Crippen MR) is 87.1 cm³/mol. The molecule has 0 radical (unpaired) electrons. The first kappa shape index (κ1) is 14.8. The lowest BCUT2D eigenvalue weighted by Crippen LogP contribution is -2.12. The fraction of sp³-hybridized carbons (Fsp3) is 0.0556. The van der Waals surface area contributed by atoms with Gasteiger partial charge in [-0.2, -0.15) is 0 Å². The van der Waals surface area contributed by atoms with E-state index in [2.05, 4.69) is 10.3 Å². The van der Waals surface area contributed by atoms with Crippen molar-refractivity contribution in [2.24, 2.45) is 0 Å². The Bertz CT molecular complexity index is 825. The van der Waals surface area contributed by atoms with Crippen molar-refractivity contribution in [3.05, 3.63) is 72.3 Å². The number of amides is 1. The Kier molecular flexibility index (Phi) is 4.10. The third-order valence-corrected chi connectivity index (χ3v) is 3.46. The van der Waals surface area contributed by atoms with Gasteiger partial charge in [-0.3, -0.25) is 4.79 Å². The Hall–Kier alpha value is -3.08.